The van der Waals surface area contributed by atoms with Crippen LogP contribution in [0, 0.1) is 23.2 Å². The molecule has 0 radical (unpaired) electrons. The lowest BCUT2D eigenvalue weighted by Gasteiger charge is -2.54. The van der Waals surface area contributed by atoms with Gasteiger partial charge in [-0.1, -0.05) is 35.3 Å². The van der Waals surface area contributed by atoms with Crippen molar-refractivity contribution >= 4 is 40.9 Å². The number of nitrogens with zero attached hydrogens (tertiary/aromatic N) is 2. The topological polar surface area (TPSA) is 123 Å². The molecule has 5 atom stereocenters. The van der Waals surface area contributed by atoms with E-state index in [0.29, 0.717) is 24.1 Å². The largest absolute Gasteiger partial charge is 0.372 e. The molecule has 2 aromatic rings. The molecule has 4 fully saturated rings. The smallest absolute Gasteiger partial charge is 0.264 e. The fraction of sp³-hybridized carbons (Fsp3) is 0.467. The normalized spacial score (nSPS) is 27.3. The zero-order valence-corrected chi connectivity index (χ0v) is 23.9. The Morgan fingerprint density at radius 1 is 1.12 bits per heavy atom. The SMILES string of the molecule is N#C[C@H](C[C@H]1CCCNC1=O)NC(=O)[C@H]1[C@@H]2CC[C@@H](CC2(F)F)N1C(=O)C1(O)c2cc(Cl)ccc2-c2ccc(Cl)cc21. The van der Waals surface area contributed by atoms with Gasteiger partial charge in [0.15, 0.2) is 5.60 Å². The van der Waals surface area contributed by atoms with Gasteiger partial charge in [0.1, 0.15) is 12.1 Å². The van der Waals surface area contributed by atoms with Gasteiger partial charge in [0.05, 0.1) is 12.0 Å². The van der Waals surface area contributed by atoms with Gasteiger partial charge in [0.25, 0.3) is 11.8 Å². The van der Waals surface area contributed by atoms with E-state index in [1.807, 2.05) is 6.07 Å². The van der Waals surface area contributed by atoms with Crippen LogP contribution in [0.25, 0.3) is 11.1 Å². The van der Waals surface area contributed by atoms with Crippen molar-refractivity contribution < 1.29 is 28.3 Å². The van der Waals surface area contributed by atoms with Crippen molar-refractivity contribution in [1.82, 2.24) is 15.5 Å². The quantitative estimate of drug-likeness (QED) is 0.466. The first-order valence-corrected chi connectivity index (χ1v) is 14.7. The predicted molar refractivity (Wildman–Crippen MR) is 150 cm³/mol. The number of nitriles is 1. The van der Waals surface area contributed by atoms with E-state index in [1.54, 1.807) is 24.3 Å². The second kappa shape index (κ2) is 10.5. The minimum absolute atomic E-state index is 0.00889. The van der Waals surface area contributed by atoms with Gasteiger partial charge in [-0.15, -0.1) is 0 Å². The van der Waals surface area contributed by atoms with Crippen LogP contribution in [0.4, 0.5) is 8.78 Å². The predicted octanol–water partition coefficient (Wildman–Crippen LogP) is 4.15. The number of halogens is 4. The molecule has 5 aliphatic rings. The molecular weight excluding hydrogens is 589 g/mol. The molecule has 1 saturated carbocycles. The fourth-order valence-corrected chi connectivity index (χ4v) is 7.55. The highest BCUT2D eigenvalue weighted by atomic mass is 35.5. The molecular formula is C30H28Cl2F2N4O4. The van der Waals surface area contributed by atoms with Crippen LogP contribution >= 0.6 is 23.2 Å². The lowest BCUT2D eigenvalue weighted by atomic mass is 9.70. The van der Waals surface area contributed by atoms with E-state index in [1.165, 1.54) is 12.1 Å². The lowest BCUT2D eigenvalue weighted by Crippen LogP contribution is -2.70. The Balaban J connectivity index is 1.38. The van der Waals surface area contributed by atoms with Crippen molar-refractivity contribution in [2.75, 3.05) is 6.54 Å². The molecule has 220 valence electrons. The first-order valence-electron chi connectivity index (χ1n) is 14.0. The summed E-state index contributed by atoms with van der Waals surface area (Å²) >= 11 is 12.5. The average molecular weight is 617 g/mol. The number of rotatable bonds is 5. The highest BCUT2D eigenvalue weighted by Gasteiger charge is 2.63. The van der Waals surface area contributed by atoms with E-state index in [0.717, 1.165) is 11.3 Å². The van der Waals surface area contributed by atoms with Crippen molar-refractivity contribution in [3.63, 3.8) is 0 Å². The average Bonchev–Trinajstić information content (AvgIpc) is 3.20. The summed E-state index contributed by atoms with van der Waals surface area (Å²) < 4.78 is 30.6. The summed E-state index contributed by atoms with van der Waals surface area (Å²) in [6.07, 6.45) is 0.831. The summed E-state index contributed by atoms with van der Waals surface area (Å²) in [4.78, 5) is 41.7. The van der Waals surface area contributed by atoms with Crippen LogP contribution in [0.1, 0.15) is 49.7 Å². The van der Waals surface area contributed by atoms with Gasteiger partial charge < -0.3 is 20.6 Å². The van der Waals surface area contributed by atoms with Gasteiger partial charge in [-0.3, -0.25) is 14.4 Å². The van der Waals surface area contributed by atoms with Crippen LogP contribution in [0.5, 0.6) is 0 Å². The second-order valence-corrected chi connectivity index (χ2v) is 12.5. The van der Waals surface area contributed by atoms with Crippen LogP contribution in [0.15, 0.2) is 36.4 Å². The molecule has 0 aromatic heterocycles. The van der Waals surface area contributed by atoms with E-state index in [9.17, 15) is 24.8 Å². The number of alkyl halides is 2. The maximum Gasteiger partial charge on any atom is 0.264 e. The van der Waals surface area contributed by atoms with Crippen LogP contribution in [0.3, 0.4) is 0 Å². The molecule has 3 heterocycles. The number of hydrogen-bond donors (Lipinski definition) is 3. The highest BCUT2D eigenvalue weighted by molar-refractivity contribution is 6.31. The van der Waals surface area contributed by atoms with E-state index in [4.69, 9.17) is 23.2 Å². The molecule has 2 aliphatic carbocycles. The minimum atomic E-state index is -3.24. The number of aliphatic hydroxyl groups is 1. The maximum absolute atomic E-state index is 15.3. The molecule has 2 bridgehead atoms. The maximum atomic E-state index is 15.3. The van der Waals surface area contributed by atoms with E-state index >= 15 is 8.78 Å². The number of benzene rings is 2. The van der Waals surface area contributed by atoms with Crippen molar-refractivity contribution in [1.29, 1.82) is 5.26 Å². The Morgan fingerprint density at radius 2 is 1.76 bits per heavy atom. The zero-order chi connectivity index (χ0) is 30.0. The molecule has 0 unspecified atom stereocenters. The van der Waals surface area contributed by atoms with Crippen molar-refractivity contribution in [2.24, 2.45) is 11.8 Å². The first-order chi connectivity index (χ1) is 20.0. The third-order valence-electron chi connectivity index (χ3n) is 9.17. The number of nitrogens with one attached hydrogen (secondary N) is 2. The number of carbonyl (C=O) groups is 3. The third-order valence-corrected chi connectivity index (χ3v) is 9.64. The minimum Gasteiger partial charge on any atom is -0.372 e. The van der Waals surface area contributed by atoms with Crippen molar-refractivity contribution in [2.45, 2.75) is 68.2 Å². The summed E-state index contributed by atoms with van der Waals surface area (Å²) in [5.41, 5.74) is -0.942. The summed E-state index contributed by atoms with van der Waals surface area (Å²) in [7, 11) is 0. The Morgan fingerprint density at radius 3 is 2.33 bits per heavy atom. The van der Waals surface area contributed by atoms with Gasteiger partial charge >= 0.3 is 0 Å². The Bertz CT molecular complexity index is 1480. The van der Waals surface area contributed by atoms with Gasteiger partial charge in [-0.25, -0.2) is 8.78 Å². The molecule has 3 amide bonds. The molecule has 8 nitrogen and oxygen atoms in total. The Kier molecular flexibility index (Phi) is 7.19. The van der Waals surface area contributed by atoms with Crippen LogP contribution in [-0.2, 0) is 20.0 Å². The monoisotopic (exact) mass is 616 g/mol. The summed E-state index contributed by atoms with van der Waals surface area (Å²) in [5, 5.41) is 27.8. The molecule has 42 heavy (non-hydrogen) atoms. The molecule has 3 saturated heterocycles. The van der Waals surface area contributed by atoms with Crippen LogP contribution in [0.2, 0.25) is 10.0 Å². The molecule has 3 N–H and O–H groups in total. The molecule has 0 spiro atoms. The fourth-order valence-electron chi connectivity index (χ4n) is 7.21. The number of piperidine rings is 3. The third kappa shape index (κ3) is 4.53. The van der Waals surface area contributed by atoms with Gasteiger partial charge in [-0.2, -0.15) is 5.26 Å². The standard InChI is InChI=1S/C30H28Cl2F2N4O4/c31-16-3-6-20-21-7-4-17(32)12-24(21)30(42,23(20)11-16)28(41)38-19-5-8-22(29(33,34)13-19)25(38)27(40)37-18(14-35)10-15-2-1-9-36-26(15)39/h3-4,6-7,11-12,15,18-19,22,25,42H,1-2,5,8-10,13H2,(H,36,39)(H,37,40)/t15-,18+,19+,22+,25-/m1/s1. The highest BCUT2D eigenvalue weighted by Crippen LogP contribution is 2.54. The number of hydrogen-bond acceptors (Lipinski definition) is 5. The molecule has 2 aromatic carbocycles. The Hall–Kier alpha value is -3.26. The molecule has 12 heteroatoms. The van der Waals surface area contributed by atoms with E-state index in [-0.39, 0.29) is 46.3 Å². The van der Waals surface area contributed by atoms with Crippen LogP contribution < -0.4 is 10.6 Å². The van der Waals surface area contributed by atoms with E-state index < -0.39 is 59.7 Å². The molecule has 7 rings (SSSR count). The van der Waals surface area contributed by atoms with Crippen molar-refractivity contribution in [3.05, 3.63) is 57.6 Å². The number of amides is 3. The van der Waals surface area contributed by atoms with Crippen LogP contribution in [-0.4, -0.2) is 58.3 Å². The lowest BCUT2D eigenvalue weighted by molar-refractivity contribution is -0.201. The number of fused-ring (bicyclic) bond motifs is 6. The van der Waals surface area contributed by atoms with E-state index in [2.05, 4.69) is 10.6 Å². The van der Waals surface area contributed by atoms with Gasteiger partial charge in [-0.05, 0) is 67.5 Å². The second-order valence-electron chi connectivity index (χ2n) is 11.6. The van der Waals surface area contributed by atoms with Crippen molar-refractivity contribution in [3.8, 4) is 17.2 Å². The summed E-state index contributed by atoms with van der Waals surface area (Å²) in [5.74, 6) is -7.35. The summed E-state index contributed by atoms with van der Waals surface area (Å²) in [6, 6.07) is 7.61. The van der Waals surface area contributed by atoms with Gasteiger partial charge in [0.2, 0.25) is 11.8 Å². The first kappa shape index (κ1) is 28.8. The zero-order valence-electron chi connectivity index (χ0n) is 22.4. The number of carbonyl (C=O) groups excluding carboxylic acids is 3. The molecule has 3 aliphatic heterocycles. The summed E-state index contributed by atoms with van der Waals surface area (Å²) in [6.45, 7) is 0.530. The van der Waals surface area contributed by atoms with Gasteiger partial charge in [0, 0.05) is 46.1 Å². The Labute approximate surface area is 251 Å².